The van der Waals surface area contributed by atoms with Crippen molar-refractivity contribution in [1.82, 2.24) is 13.7 Å². The van der Waals surface area contributed by atoms with Crippen molar-refractivity contribution in [3.8, 4) is 40.3 Å². The van der Waals surface area contributed by atoms with Crippen LogP contribution in [-0.2, 0) is 0 Å². The first kappa shape index (κ1) is 30.7. The molecule has 0 saturated carbocycles. The number of para-hydroxylation sites is 5. The summed E-state index contributed by atoms with van der Waals surface area (Å²) >= 11 is 0. The number of benzene rings is 8. The fourth-order valence-electron chi connectivity index (χ4n) is 8.83. The van der Waals surface area contributed by atoms with Gasteiger partial charge in [0, 0.05) is 49.1 Å². The van der Waals surface area contributed by atoms with Crippen LogP contribution in [0.15, 0.2) is 176 Å². The Bertz CT molecular complexity index is 3420. The molecule has 5 heteroatoms. The molecule has 254 valence electrons. The normalized spacial score (nSPS) is 11.6. The van der Waals surface area contributed by atoms with Gasteiger partial charge in [-0.05, 0) is 72.8 Å². The molecule has 0 aliphatic rings. The summed E-state index contributed by atoms with van der Waals surface area (Å²) in [5, 5.41) is 27.6. The van der Waals surface area contributed by atoms with E-state index in [1.165, 1.54) is 21.8 Å². The first-order valence-electron chi connectivity index (χ1n) is 18.3. The fraction of sp³-hybridized carbons (Fsp3) is 0. The number of hydrogen-bond donors (Lipinski definition) is 0. The Morgan fingerprint density at radius 3 is 1.40 bits per heavy atom. The van der Waals surface area contributed by atoms with Crippen LogP contribution in [0.3, 0.4) is 0 Å². The van der Waals surface area contributed by atoms with Crippen molar-refractivity contribution in [2.45, 2.75) is 0 Å². The van der Waals surface area contributed by atoms with E-state index in [1.807, 2.05) is 42.5 Å². The molecule has 0 aliphatic carbocycles. The van der Waals surface area contributed by atoms with Gasteiger partial charge in [0.1, 0.15) is 6.07 Å². The van der Waals surface area contributed by atoms with E-state index < -0.39 is 0 Å². The average molecular weight is 700 g/mol. The van der Waals surface area contributed by atoms with Crippen LogP contribution in [0.25, 0.3) is 93.6 Å². The molecule has 0 atom stereocenters. The zero-order valence-corrected chi connectivity index (χ0v) is 29.5. The first-order valence-corrected chi connectivity index (χ1v) is 18.3. The van der Waals surface area contributed by atoms with Crippen LogP contribution in [0.1, 0.15) is 11.1 Å². The molecule has 0 bridgehead atoms. The molecule has 3 heterocycles. The Kier molecular flexibility index (Phi) is 6.61. The summed E-state index contributed by atoms with van der Waals surface area (Å²) in [7, 11) is 0. The van der Waals surface area contributed by atoms with Gasteiger partial charge in [-0.2, -0.15) is 10.5 Å². The number of rotatable bonds is 4. The quantitative estimate of drug-likeness (QED) is 0.184. The maximum Gasteiger partial charge on any atom is 0.102 e. The third-order valence-corrected chi connectivity index (χ3v) is 11.1. The Morgan fingerprint density at radius 2 is 0.782 bits per heavy atom. The Balaban J connectivity index is 1.15. The minimum absolute atomic E-state index is 0.594. The first-order chi connectivity index (χ1) is 27.2. The lowest BCUT2D eigenvalue weighted by Gasteiger charge is -2.17. The van der Waals surface area contributed by atoms with Crippen LogP contribution < -0.4 is 0 Å². The van der Waals surface area contributed by atoms with Gasteiger partial charge in [-0.15, -0.1) is 0 Å². The molecule has 55 heavy (non-hydrogen) atoms. The van der Waals surface area contributed by atoms with Gasteiger partial charge in [-0.1, -0.05) is 103 Å². The van der Waals surface area contributed by atoms with E-state index in [-0.39, 0.29) is 0 Å². The molecule has 0 spiro atoms. The summed E-state index contributed by atoms with van der Waals surface area (Å²) in [4.78, 5) is 0. The van der Waals surface area contributed by atoms with E-state index in [0.717, 1.165) is 71.8 Å². The zero-order chi connectivity index (χ0) is 36.6. The highest BCUT2D eigenvalue weighted by molar-refractivity contribution is 6.13. The highest BCUT2D eigenvalue weighted by atomic mass is 15.0. The number of fused-ring (bicyclic) bond motifs is 9. The minimum Gasteiger partial charge on any atom is -0.309 e. The second-order valence-electron chi connectivity index (χ2n) is 13.9. The van der Waals surface area contributed by atoms with Gasteiger partial charge in [0.15, 0.2) is 0 Å². The number of hydrogen-bond acceptors (Lipinski definition) is 2. The Hall–Kier alpha value is -7.86. The maximum atomic E-state index is 11.1. The zero-order valence-electron chi connectivity index (χ0n) is 29.5. The number of nitrogens with zero attached hydrogens (tertiary/aromatic N) is 5. The molecule has 0 fully saturated rings. The third kappa shape index (κ3) is 4.39. The van der Waals surface area contributed by atoms with E-state index in [4.69, 9.17) is 0 Å². The van der Waals surface area contributed by atoms with Gasteiger partial charge in [-0.3, -0.25) is 0 Å². The lowest BCUT2D eigenvalue weighted by atomic mass is 9.96. The lowest BCUT2D eigenvalue weighted by Crippen LogP contribution is -2.02. The number of nitriles is 2. The predicted molar refractivity (Wildman–Crippen MR) is 224 cm³/mol. The van der Waals surface area contributed by atoms with E-state index >= 15 is 0 Å². The molecule has 11 aromatic rings. The second kappa shape index (κ2) is 11.8. The van der Waals surface area contributed by atoms with Gasteiger partial charge < -0.3 is 13.7 Å². The van der Waals surface area contributed by atoms with Crippen molar-refractivity contribution in [3.63, 3.8) is 0 Å². The molecule has 0 aliphatic heterocycles. The van der Waals surface area contributed by atoms with Crippen molar-refractivity contribution < 1.29 is 0 Å². The maximum absolute atomic E-state index is 11.1. The topological polar surface area (TPSA) is 62.4 Å². The molecule has 0 N–H and O–H groups in total. The molecule has 5 nitrogen and oxygen atoms in total. The molecule has 3 aromatic heterocycles. The predicted octanol–water partition coefficient (Wildman–Crippen LogP) is 12.4. The van der Waals surface area contributed by atoms with Gasteiger partial charge in [0.25, 0.3) is 0 Å². The summed E-state index contributed by atoms with van der Waals surface area (Å²) in [6.45, 7) is 0. The van der Waals surface area contributed by atoms with Crippen LogP contribution in [0, 0.1) is 22.7 Å². The fourth-order valence-corrected chi connectivity index (χ4v) is 8.83. The lowest BCUT2D eigenvalue weighted by molar-refractivity contribution is 1.15. The summed E-state index contributed by atoms with van der Waals surface area (Å²) in [5.41, 5.74) is 12.3. The van der Waals surface area contributed by atoms with Crippen molar-refractivity contribution in [2.75, 3.05) is 0 Å². The summed E-state index contributed by atoms with van der Waals surface area (Å²) in [6, 6.07) is 65.9. The molecule has 0 amide bonds. The molecule has 8 aromatic carbocycles. The highest BCUT2D eigenvalue weighted by Gasteiger charge is 2.22. The van der Waals surface area contributed by atoms with Gasteiger partial charge in [0.2, 0.25) is 0 Å². The smallest absolute Gasteiger partial charge is 0.102 e. The standard InChI is InChI=1S/C50H29N5/c51-30-32-24-26-49-40(28-32)38-15-4-9-21-46(38)54(49)45-20-8-1-12-35(45)34-17-11-23-48(42(34)31-52)55-47-22-10-5-16-39(47)41-29-33(25-27-50(41)55)53-43-18-6-2-13-36(43)37-14-3-7-19-44(37)53/h1-29H. The highest BCUT2D eigenvalue weighted by Crippen LogP contribution is 2.41. The average Bonchev–Trinajstić information content (AvgIpc) is 3.88. The molecule has 0 radical (unpaired) electrons. The van der Waals surface area contributed by atoms with Gasteiger partial charge >= 0.3 is 0 Å². The van der Waals surface area contributed by atoms with Crippen molar-refractivity contribution in [1.29, 1.82) is 10.5 Å². The van der Waals surface area contributed by atoms with E-state index in [1.54, 1.807) is 0 Å². The monoisotopic (exact) mass is 699 g/mol. The van der Waals surface area contributed by atoms with E-state index in [9.17, 15) is 10.5 Å². The van der Waals surface area contributed by atoms with Crippen LogP contribution >= 0.6 is 0 Å². The molecule has 0 unspecified atom stereocenters. The Morgan fingerprint density at radius 1 is 0.327 bits per heavy atom. The van der Waals surface area contributed by atoms with E-state index in [0.29, 0.717) is 11.1 Å². The largest absolute Gasteiger partial charge is 0.309 e. The van der Waals surface area contributed by atoms with Crippen LogP contribution in [0.2, 0.25) is 0 Å². The molecule has 0 saturated heterocycles. The molecular formula is C50H29N5. The van der Waals surface area contributed by atoms with Crippen molar-refractivity contribution in [3.05, 3.63) is 187 Å². The summed E-state index contributed by atoms with van der Waals surface area (Å²) in [5.74, 6) is 0. The summed E-state index contributed by atoms with van der Waals surface area (Å²) < 4.78 is 6.85. The third-order valence-electron chi connectivity index (χ3n) is 11.1. The van der Waals surface area contributed by atoms with Gasteiger partial charge in [-0.25, -0.2) is 0 Å². The second-order valence-corrected chi connectivity index (χ2v) is 13.9. The minimum atomic E-state index is 0.594. The molecular weight excluding hydrogens is 671 g/mol. The van der Waals surface area contributed by atoms with Gasteiger partial charge in [0.05, 0.1) is 61.7 Å². The molecule has 11 rings (SSSR count). The summed E-state index contributed by atoms with van der Waals surface area (Å²) in [6.07, 6.45) is 0. The van der Waals surface area contributed by atoms with Crippen LogP contribution in [-0.4, -0.2) is 13.7 Å². The van der Waals surface area contributed by atoms with Crippen molar-refractivity contribution >= 4 is 65.4 Å². The SMILES string of the molecule is N#Cc1ccc2c(c1)c1ccccc1n2-c1ccccc1-c1cccc(-n2c3ccccc3c3cc(-n4c5ccccc5c5ccccc54)ccc32)c1C#N. The van der Waals surface area contributed by atoms with Crippen LogP contribution in [0.4, 0.5) is 0 Å². The Labute approximate surface area is 316 Å². The number of aromatic nitrogens is 3. The van der Waals surface area contributed by atoms with E-state index in [2.05, 4.69) is 159 Å². The van der Waals surface area contributed by atoms with Crippen LogP contribution in [0.5, 0.6) is 0 Å². The van der Waals surface area contributed by atoms with Crippen molar-refractivity contribution in [2.24, 2.45) is 0 Å².